The first-order valence-corrected chi connectivity index (χ1v) is 6.07. The Hall–Kier alpha value is -3.16. The SMILES string of the molecule is O=C(Nc1ccc2c(c1)N=CC2)c1c(O)[nH]c(=O)[nH]c1=O. The van der Waals surface area contributed by atoms with Gasteiger partial charge in [0.05, 0.1) is 5.69 Å². The van der Waals surface area contributed by atoms with Crippen LogP contribution < -0.4 is 16.6 Å². The fourth-order valence-electron chi connectivity index (χ4n) is 2.06. The Morgan fingerprint density at radius 2 is 2.10 bits per heavy atom. The number of aromatic amines is 2. The van der Waals surface area contributed by atoms with Crippen molar-refractivity contribution in [1.29, 1.82) is 0 Å². The highest BCUT2D eigenvalue weighted by Crippen LogP contribution is 2.27. The highest BCUT2D eigenvalue weighted by atomic mass is 16.3. The van der Waals surface area contributed by atoms with Crippen LogP contribution in [0.15, 0.2) is 32.8 Å². The normalized spacial score (nSPS) is 12.2. The number of aromatic hydroxyl groups is 1. The summed E-state index contributed by atoms with van der Waals surface area (Å²) >= 11 is 0. The minimum absolute atomic E-state index is 0.433. The summed E-state index contributed by atoms with van der Waals surface area (Å²) in [6.45, 7) is 0. The van der Waals surface area contributed by atoms with E-state index in [-0.39, 0.29) is 0 Å². The van der Waals surface area contributed by atoms with Crippen molar-refractivity contribution in [3.63, 3.8) is 0 Å². The van der Waals surface area contributed by atoms with E-state index in [0.29, 0.717) is 5.69 Å². The van der Waals surface area contributed by atoms with Crippen molar-refractivity contribution in [3.05, 3.63) is 50.2 Å². The Bertz CT molecular complexity index is 878. The third-order valence-electron chi connectivity index (χ3n) is 3.03. The summed E-state index contributed by atoms with van der Waals surface area (Å²) in [7, 11) is 0. The molecule has 4 N–H and O–H groups in total. The lowest BCUT2D eigenvalue weighted by atomic mass is 10.1. The predicted molar refractivity (Wildman–Crippen MR) is 75.6 cm³/mol. The van der Waals surface area contributed by atoms with Gasteiger partial charge in [0, 0.05) is 18.3 Å². The summed E-state index contributed by atoms with van der Waals surface area (Å²) in [6.07, 6.45) is 2.50. The van der Waals surface area contributed by atoms with Crippen LogP contribution in [-0.2, 0) is 6.42 Å². The van der Waals surface area contributed by atoms with Crippen LogP contribution in [0, 0.1) is 0 Å². The molecule has 0 unspecified atom stereocenters. The Balaban J connectivity index is 1.92. The van der Waals surface area contributed by atoms with E-state index in [2.05, 4.69) is 10.3 Å². The summed E-state index contributed by atoms with van der Waals surface area (Å²) in [5, 5.41) is 12.0. The fraction of sp³-hybridized carbons (Fsp3) is 0.0769. The zero-order valence-corrected chi connectivity index (χ0v) is 10.6. The van der Waals surface area contributed by atoms with Crippen LogP contribution in [0.1, 0.15) is 15.9 Å². The molecule has 1 aromatic heterocycles. The van der Waals surface area contributed by atoms with Gasteiger partial charge in [-0.3, -0.25) is 24.5 Å². The molecule has 0 fully saturated rings. The van der Waals surface area contributed by atoms with Crippen LogP contribution in [0.2, 0.25) is 0 Å². The molecule has 0 saturated heterocycles. The topological polar surface area (TPSA) is 127 Å². The van der Waals surface area contributed by atoms with E-state index in [1.165, 1.54) is 0 Å². The summed E-state index contributed by atoms with van der Waals surface area (Å²) < 4.78 is 0. The number of aliphatic imine (C=N–C) groups is 1. The minimum Gasteiger partial charge on any atom is -0.494 e. The number of benzene rings is 1. The summed E-state index contributed by atoms with van der Waals surface area (Å²) in [6, 6.07) is 5.14. The zero-order valence-electron chi connectivity index (χ0n) is 10.6. The number of hydrogen-bond acceptors (Lipinski definition) is 5. The number of aromatic nitrogens is 2. The molecule has 8 heteroatoms. The lowest BCUT2D eigenvalue weighted by molar-refractivity contribution is 0.102. The molecule has 0 radical (unpaired) electrons. The van der Waals surface area contributed by atoms with Gasteiger partial charge in [0.2, 0.25) is 5.88 Å². The van der Waals surface area contributed by atoms with Crippen molar-refractivity contribution in [2.45, 2.75) is 6.42 Å². The van der Waals surface area contributed by atoms with E-state index in [1.807, 2.05) is 16.0 Å². The van der Waals surface area contributed by atoms with E-state index in [4.69, 9.17) is 0 Å². The summed E-state index contributed by atoms with van der Waals surface area (Å²) in [5.74, 6) is -1.60. The van der Waals surface area contributed by atoms with Gasteiger partial charge in [-0.1, -0.05) is 6.07 Å². The third-order valence-corrected chi connectivity index (χ3v) is 3.03. The molecule has 2 heterocycles. The number of hydrogen-bond donors (Lipinski definition) is 4. The maximum atomic E-state index is 12.0. The van der Waals surface area contributed by atoms with Crippen molar-refractivity contribution >= 4 is 23.5 Å². The Labute approximate surface area is 117 Å². The number of amides is 1. The molecule has 0 aliphatic carbocycles. The molecule has 1 amide bonds. The molecule has 1 aromatic carbocycles. The number of rotatable bonds is 2. The van der Waals surface area contributed by atoms with Crippen LogP contribution in [0.3, 0.4) is 0 Å². The monoisotopic (exact) mass is 286 g/mol. The van der Waals surface area contributed by atoms with Crippen LogP contribution in [-0.4, -0.2) is 27.2 Å². The molecule has 3 rings (SSSR count). The predicted octanol–water partition coefficient (Wildman–Crippen LogP) is 0.280. The van der Waals surface area contributed by atoms with E-state index in [9.17, 15) is 19.5 Å². The molecular weight excluding hydrogens is 276 g/mol. The first-order valence-electron chi connectivity index (χ1n) is 6.07. The summed E-state index contributed by atoms with van der Waals surface area (Å²) in [5.41, 5.74) is -0.194. The second-order valence-corrected chi connectivity index (χ2v) is 4.45. The fourth-order valence-corrected chi connectivity index (χ4v) is 2.06. The number of carbonyl (C=O) groups excluding carboxylic acids is 1. The van der Waals surface area contributed by atoms with Crippen LogP contribution in [0.5, 0.6) is 5.88 Å². The molecule has 21 heavy (non-hydrogen) atoms. The Morgan fingerprint density at radius 1 is 1.29 bits per heavy atom. The van der Waals surface area contributed by atoms with Gasteiger partial charge in [-0.25, -0.2) is 4.79 Å². The molecule has 0 bridgehead atoms. The van der Waals surface area contributed by atoms with Crippen molar-refractivity contribution in [1.82, 2.24) is 9.97 Å². The van der Waals surface area contributed by atoms with Gasteiger partial charge in [0.25, 0.3) is 11.5 Å². The van der Waals surface area contributed by atoms with E-state index in [1.54, 1.807) is 18.3 Å². The van der Waals surface area contributed by atoms with Crippen molar-refractivity contribution < 1.29 is 9.90 Å². The Morgan fingerprint density at radius 3 is 2.86 bits per heavy atom. The van der Waals surface area contributed by atoms with Gasteiger partial charge in [-0.15, -0.1) is 0 Å². The van der Waals surface area contributed by atoms with Crippen molar-refractivity contribution in [2.24, 2.45) is 4.99 Å². The standard InChI is InChI=1S/C13H10N4O4/c18-10(9-11(19)16-13(21)17-12(9)20)15-7-2-1-6-3-4-14-8(6)5-7/h1-2,4-5H,3H2,(H,15,18)(H3,16,17,19,20,21). The quantitative estimate of drug-likeness (QED) is 0.632. The maximum absolute atomic E-state index is 12.0. The average molecular weight is 286 g/mol. The van der Waals surface area contributed by atoms with Gasteiger partial charge in [0.1, 0.15) is 0 Å². The molecule has 1 aliphatic heterocycles. The van der Waals surface area contributed by atoms with E-state index < -0.39 is 28.6 Å². The van der Waals surface area contributed by atoms with Crippen LogP contribution >= 0.6 is 0 Å². The first kappa shape index (κ1) is 12.9. The molecule has 2 aromatic rings. The highest BCUT2D eigenvalue weighted by molar-refractivity contribution is 6.05. The lowest BCUT2D eigenvalue weighted by Gasteiger charge is -2.07. The van der Waals surface area contributed by atoms with E-state index in [0.717, 1.165) is 17.7 Å². The molecule has 8 nitrogen and oxygen atoms in total. The van der Waals surface area contributed by atoms with Crippen molar-refractivity contribution in [3.8, 4) is 5.88 Å². The zero-order chi connectivity index (χ0) is 15.0. The molecule has 1 aliphatic rings. The molecule has 0 atom stereocenters. The molecule has 106 valence electrons. The van der Waals surface area contributed by atoms with Gasteiger partial charge in [0.15, 0.2) is 5.56 Å². The number of nitrogens with one attached hydrogen (secondary N) is 3. The number of carbonyl (C=O) groups is 1. The second kappa shape index (κ2) is 4.75. The number of nitrogens with zero attached hydrogens (tertiary/aromatic N) is 1. The van der Waals surface area contributed by atoms with Gasteiger partial charge in [-0.2, -0.15) is 0 Å². The summed E-state index contributed by atoms with van der Waals surface area (Å²) in [4.78, 5) is 42.5. The van der Waals surface area contributed by atoms with Crippen LogP contribution in [0.25, 0.3) is 0 Å². The van der Waals surface area contributed by atoms with Gasteiger partial charge in [-0.05, 0) is 17.7 Å². The van der Waals surface area contributed by atoms with Gasteiger partial charge >= 0.3 is 5.69 Å². The molecule has 0 saturated carbocycles. The minimum atomic E-state index is -0.965. The first-order chi connectivity index (χ1) is 10.0. The number of anilines is 1. The second-order valence-electron chi connectivity index (χ2n) is 4.45. The number of H-pyrrole nitrogens is 2. The third kappa shape index (κ3) is 2.34. The van der Waals surface area contributed by atoms with Gasteiger partial charge < -0.3 is 10.4 Å². The van der Waals surface area contributed by atoms with Crippen molar-refractivity contribution in [2.75, 3.05) is 5.32 Å². The Kier molecular flexibility index (Phi) is 2.90. The molecular formula is C13H10N4O4. The molecule has 0 spiro atoms. The highest BCUT2D eigenvalue weighted by Gasteiger charge is 2.18. The maximum Gasteiger partial charge on any atom is 0.328 e. The van der Waals surface area contributed by atoms with E-state index >= 15 is 0 Å². The lowest BCUT2D eigenvalue weighted by Crippen LogP contribution is -2.30. The average Bonchev–Trinajstić information content (AvgIpc) is 2.84. The smallest absolute Gasteiger partial charge is 0.328 e. The largest absolute Gasteiger partial charge is 0.494 e. The van der Waals surface area contributed by atoms with Crippen LogP contribution in [0.4, 0.5) is 11.4 Å². The number of fused-ring (bicyclic) bond motifs is 1.